The van der Waals surface area contributed by atoms with Gasteiger partial charge in [0.2, 0.25) is 0 Å². The number of aliphatic hydroxyl groups excluding tert-OH is 2. The van der Waals surface area contributed by atoms with Gasteiger partial charge in [-0.2, -0.15) is 0 Å². The van der Waals surface area contributed by atoms with Gasteiger partial charge in [0.1, 0.15) is 12.2 Å². The van der Waals surface area contributed by atoms with Crippen LogP contribution in [-0.4, -0.2) is 67.7 Å². The van der Waals surface area contributed by atoms with Gasteiger partial charge in [-0.25, -0.2) is 13.2 Å². The van der Waals surface area contributed by atoms with Crippen LogP contribution in [0.15, 0.2) is 35.9 Å². The molecule has 1 heterocycles. The van der Waals surface area contributed by atoms with Gasteiger partial charge in [-0.05, 0) is 31.9 Å². The molecule has 0 amide bonds. The Morgan fingerprint density at radius 3 is 2.47 bits per heavy atom. The standard InChI is InChI=1S/C21H28O8S/c1-3-27-20(24)16-10-21(28-17(11-22)18(12-23)29-21)8-7-19(16)30(25,26)13-15-6-4-5-14(2)9-15/h4-6,9-10,17-19,22-23H,3,7-8,11-13H2,1-2H3/t17-,18-,19?/m0/s1. The summed E-state index contributed by atoms with van der Waals surface area (Å²) in [6, 6.07) is 7.22. The van der Waals surface area contributed by atoms with E-state index < -0.39 is 39.1 Å². The second kappa shape index (κ2) is 9.15. The van der Waals surface area contributed by atoms with Crippen molar-refractivity contribution in [2.24, 2.45) is 0 Å². The molecule has 30 heavy (non-hydrogen) atoms. The summed E-state index contributed by atoms with van der Waals surface area (Å²) in [6.07, 6.45) is 0.0753. The second-order valence-electron chi connectivity index (χ2n) is 7.63. The Morgan fingerprint density at radius 1 is 1.23 bits per heavy atom. The fourth-order valence-electron chi connectivity index (χ4n) is 3.99. The van der Waals surface area contributed by atoms with Crippen molar-refractivity contribution < 1.29 is 37.6 Å². The molecule has 9 heteroatoms. The molecule has 1 aromatic rings. The Hall–Kier alpha value is -1.78. The third-order valence-corrected chi connectivity index (χ3v) is 7.44. The number of carbonyl (C=O) groups excluding carboxylic acids is 1. The van der Waals surface area contributed by atoms with Crippen LogP contribution in [0.3, 0.4) is 0 Å². The molecule has 1 aliphatic heterocycles. The van der Waals surface area contributed by atoms with E-state index in [1.807, 2.05) is 13.0 Å². The summed E-state index contributed by atoms with van der Waals surface area (Å²) in [5.41, 5.74) is 1.56. The minimum atomic E-state index is -3.73. The maximum atomic E-state index is 13.2. The molecule has 3 atom stereocenters. The highest BCUT2D eigenvalue weighted by Crippen LogP contribution is 2.41. The topological polar surface area (TPSA) is 119 Å². The molecule has 1 aromatic carbocycles. The molecule has 1 unspecified atom stereocenters. The van der Waals surface area contributed by atoms with Gasteiger partial charge in [-0.15, -0.1) is 0 Å². The third kappa shape index (κ3) is 4.76. The fraction of sp³-hybridized carbons (Fsp3) is 0.571. The third-order valence-electron chi connectivity index (χ3n) is 5.35. The van der Waals surface area contributed by atoms with E-state index in [-0.39, 0.29) is 44.0 Å². The van der Waals surface area contributed by atoms with Gasteiger partial charge < -0.3 is 24.4 Å². The number of carbonyl (C=O) groups is 1. The molecular formula is C21H28O8S. The normalized spacial score (nSPS) is 25.9. The highest BCUT2D eigenvalue weighted by Gasteiger charge is 2.51. The van der Waals surface area contributed by atoms with E-state index in [9.17, 15) is 23.4 Å². The summed E-state index contributed by atoms with van der Waals surface area (Å²) in [4.78, 5) is 12.6. The lowest BCUT2D eigenvalue weighted by Gasteiger charge is -2.33. The summed E-state index contributed by atoms with van der Waals surface area (Å²) in [5.74, 6) is -2.32. The predicted octanol–water partition coefficient (Wildman–Crippen LogP) is 1.03. The number of aliphatic hydroxyl groups is 2. The first-order chi connectivity index (χ1) is 14.2. The van der Waals surface area contributed by atoms with Crippen molar-refractivity contribution in [3.63, 3.8) is 0 Å². The summed E-state index contributed by atoms with van der Waals surface area (Å²) in [6.45, 7) is 2.87. The predicted molar refractivity (Wildman–Crippen MR) is 108 cm³/mol. The van der Waals surface area contributed by atoms with Crippen molar-refractivity contribution in [3.8, 4) is 0 Å². The summed E-state index contributed by atoms with van der Waals surface area (Å²) in [5, 5.41) is 17.9. The van der Waals surface area contributed by atoms with E-state index in [2.05, 4.69) is 0 Å². The Bertz CT molecular complexity index is 895. The molecule has 166 valence electrons. The van der Waals surface area contributed by atoms with Gasteiger partial charge in [0.25, 0.3) is 0 Å². The zero-order chi connectivity index (χ0) is 21.9. The lowest BCUT2D eigenvalue weighted by molar-refractivity contribution is -0.154. The monoisotopic (exact) mass is 440 g/mol. The van der Waals surface area contributed by atoms with E-state index in [0.717, 1.165) is 5.56 Å². The number of sulfone groups is 1. The highest BCUT2D eigenvalue weighted by atomic mass is 32.2. The number of hydrogen-bond acceptors (Lipinski definition) is 8. The average Bonchev–Trinajstić information content (AvgIpc) is 3.04. The molecule has 0 radical (unpaired) electrons. The maximum Gasteiger partial charge on any atom is 0.335 e. The SMILES string of the molecule is CCOC(=O)C1=CC2(CCC1S(=O)(=O)Cc1cccc(C)c1)O[C@@H](CO)[C@H](CO)O2. The summed E-state index contributed by atoms with van der Waals surface area (Å²) < 4.78 is 43.1. The van der Waals surface area contributed by atoms with Crippen molar-refractivity contribution in [1.82, 2.24) is 0 Å². The molecule has 1 saturated heterocycles. The number of aryl methyl sites for hydroxylation is 1. The van der Waals surface area contributed by atoms with Gasteiger partial charge in [0, 0.05) is 6.42 Å². The van der Waals surface area contributed by atoms with Gasteiger partial charge in [-0.1, -0.05) is 29.8 Å². The highest BCUT2D eigenvalue weighted by molar-refractivity contribution is 7.91. The van der Waals surface area contributed by atoms with Crippen molar-refractivity contribution in [2.45, 2.75) is 55.7 Å². The van der Waals surface area contributed by atoms with Gasteiger partial charge >= 0.3 is 5.97 Å². The van der Waals surface area contributed by atoms with Gasteiger partial charge in [-0.3, -0.25) is 0 Å². The first-order valence-corrected chi connectivity index (χ1v) is 11.7. The van der Waals surface area contributed by atoms with Crippen LogP contribution in [0.1, 0.15) is 30.9 Å². The van der Waals surface area contributed by atoms with Crippen LogP contribution in [-0.2, 0) is 34.6 Å². The number of benzene rings is 1. The molecule has 0 bridgehead atoms. The quantitative estimate of drug-likeness (QED) is 0.604. The molecule has 8 nitrogen and oxygen atoms in total. The summed E-state index contributed by atoms with van der Waals surface area (Å²) in [7, 11) is -3.73. The summed E-state index contributed by atoms with van der Waals surface area (Å²) >= 11 is 0. The molecule has 1 aliphatic carbocycles. The van der Waals surface area contributed by atoms with Crippen LogP contribution in [0.5, 0.6) is 0 Å². The molecule has 0 saturated carbocycles. The van der Waals surface area contributed by atoms with E-state index in [1.54, 1.807) is 25.1 Å². The average molecular weight is 441 g/mol. The number of esters is 1. The van der Waals surface area contributed by atoms with Gasteiger partial charge in [0.05, 0.1) is 36.4 Å². The van der Waals surface area contributed by atoms with Crippen LogP contribution >= 0.6 is 0 Å². The van der Waals surface area contributed by atoms with Crippen LogP contribution < -0.4 is 0 Å². The first-order valence-electron chi connectivity index (χ1n) is 9.98. The van der Waals surface area contributed by atoms with Crippen molar-refractivity contribution >= 4 is 15.8 Å². The lowest BCUT2D eigenvalue weighted by atomic mass is 9.94. The van der Waals surface area contributed by atoms with Crippen molar-refractivity contribution in [3.05, 3.63) is 47.0 Å². The van der Waals surface area contributed by atoms with Crippen LogP contribution in [0.2, 0.25) is 0 Å². The van der Waals surface area contributed by atoms with E-state index in [4.69, 9.17) is 14.2 Å². The van der Waals surface area contributed by atoms with E-state index in [1.165, 1.54) is 6.08 Å². The smallest absolute Gasteiger partial charge is 0.335 e. The Kier molecular flexibility index (Phi) is 6.98. The molecule has 2 aliphatic rings. The molecule has 1 fully saturated rings. The molecule has 1 spiro atoms. The zero-order valence-electron chi connectivity index (χ0n) is 17.1. The van der Waals surface area contributed by atoms with Crippen LogP contribution in [0.25, 0.3) is 0 Å². The minimum Gasteiger partial charge on any atom is -0.463 e. The number of hydrogen-bond donors (Lipinski definition) is 2. The minimum absolute atomic E-state index is 0.0361. The second-order valence-corrected chi connectivity index (χ2v) is 9.82. The molecule has 0 aromatic heterocycles. The van der Waals surface area contributed by atoms with Crippen molar-refractivity contribution in [2.75, 3.05) is 19.8 Å². The first kappa shape index (κ1) is 22.9. The largest absolute Gasteiger partial charge is 0.463 e. The van der Waals surface area contributed by atoms with Crippen LogP contribution in [0.4, 0.5) is 0 Å². The van der Waals surface area contributed by atoms with E-state index in [0.29, 0.717) is 5.56 Å². The Morgan fingerprint density at radius 2 is 1.90 bits per heavy atom. The van der Waals surface area contributed by atoms with Crippen LogP contribution in [0, 0.1) is 6.92 Å². The fourth-order valence-corrected chi connectivity index (χ4v) is 5.86. The van der Waals surface area contributed by atoms with E-state index >= 15 is 0 Å². The number of rotatable bonds is 7. The Balaban J connectivity index is 1.94. The van der Waals surface area contributed by atoms with Gasteiger partial charge in [0.15, 0.2) is 15.6 Å². The molecule has 3 rings (SSSR count). The Labute approximate surface area is 176 Å². The molecular weight excluding hydrogens is 412 g/mol. The maximum absolute atomic E-state index is 13.2. The number of ether oxygens (including phenoxy) is 3. The lowest BCUT2D eigenvalue weighted by Crippen LogP contribution is -2.41. The van der Waals surface area contributed by atoms with Crippen molar-refractivity contribution in [1.29, 1.82) is 0 Å². The zero-order valence-corrected chi connectivity index (χ0v) is 17.9. The molecule has 2 N–H and O–H groups in total.